The molecule has 0 aliphatic rings. The van der Waals surface area contributed by atoms with E-state index < -0.39 is 91.3 Å². The molecule has 0 fully saturated rings. The summed E-state index contributed by atoms with van der Waals surface area (Å²) >= 11 is 1.54. The first kappa shape index (κ1) is 40.6. The lowest BCUT2D eigenvalue weighted by Gasteiger charge is -2.28. The van der Waals surface area contributed by atoms with E-state index in [0.29, 0.717) is 18.6 Å². The average Bonchev–Trinajstić information content (AvgIpc) is 2.97. The van der Waals surface area contributed by atoms with Gasteiger partial charge in [0.05, 0.1) is 19.2 Å². The zero-order valence-corrected chi connectivity index (χ0v) is 27.0. The topological polar surface area (TPSA) is 258 Å². The predicted octanol–water partition coefficient (Wildman–Crippen LogP) is -2.57. The Morgan fingerprint density at radius 2 is 1.36 bits per heavy atom. The van der Waals surface area contributed by atoms with Gasteiger partial charge in [0.25, 0.3) is 0 Å². The van der Waals surface area contributed by atoms with Gasteiger partial charge in [0.1, 0.15) is 30.7 Å². The van der Waals surface area contributed by atoms with E-state index in [1.54, 1.807) is 27.7 Å². The first-order valence-electron chi connectivity index (χ1n) is 14.4. The summed E-state index contributed by atoms with van der Waals surface area (Å²) in [6.07, 6.45) is 2.94. The van der Waals surface area contributed by atoms with Gasteiger partial charge in [0.15, 0.2) is 0 Å². The molecule has 6 atom stereocenters. The molecule has 0 bridgehead atoms. The number of amides is 6. The molecule has 0 unspecified atom stereocenters. The van der Waals surface area contributed by atoms with Crippen molar-refractivity contribution in [2.75, 3.05) is 31.7 Å². The zero-order chi connectivity index (χ0) is 34.0. The summed E-state index contributed by atoms with van der Waals surface area (Å²) in [5.41, 5.74) is 5.81. The number of aliphatic carboxylic acids is 1. The number of aliphatic hydroxyl groups is 1. The number of aliphatic hydroxyl groups excluding tert-OH is 1. The molecule has 17 heteroatoms. The van der Waals surface area contributed by atoms with Gasteiger partial charge in [-0.3, -0.25) is 33.6 Å². The molecule has 0 aromatic heterocycles. The van der Waals surface area contributed by atoms with Crippen LogP contribution in [0.2, 0.25) is 0 Å². The minimum absolute atomic E-state index is 0.0890. The van der Waals surface area contributed by atoms with Crippen LogP contribution in [0.1, 0.15) is 53.9 Å². The average molecular weight is 648 g/mol. The Bertz CT molecular complexity index is 999. The first-order chi connectivity index (χ1) is 20.6. The maximum atomic E-state index is 13.3. The Morgan fingerprint density at radius 3 is 1.89 bits per heavy atom. The number of rotatable bonds is 21. The van der Waals surface area contributed by atoms with Crippen LogP contribution in [0.25, 0.3) is 0 Å². The Balaban J connectivity index is 5.38. The van der Waals surface area contributed by atoms with Crippen molar-refractivity contribution in [1.29, 1.82) is 0 Å². The third-order valence-corrected chi connectivity index (χ3v) is 7.17. The van der Waals surface area contributed by atoms with Crippen LogP contribution < -0.4 is 37.6 Å². The van der Waals surface area contributed by atoms with Crippen LogP contribution in [0.4, 0.5) is 0 Å². The second kappa shape index (κ2) is 21.3. The molecule has 0 saturated carbocycles. The van der Waals surface area contributed by atoms with E-state index >= 15 is 0 Å². The van der Waals surface area contributed by atoms with Gasteiger partial charge in [-0.2, -0.15) is 11.8 Å². The monoisotopic (exact) mass is 647 g/mol. The highest BCUT2D eigenvalue weighted by Gasteiger charge is 2.32. The number of nitrogens with two attached hydrogens (primary N) is 1. The van der Waals surface area contributed by atoms with E-state index in [1.807, 2.05) is 6.26 Å². The first-order valence-corrected chi connectivity index (χ1v) is 15.8. The molecular weight excluding hydrogens is 598 g/mol. The summed E-state index contributed by atoms with van der Waals surface area (Å²) in [5, 5.41) is 32.7. The molecule has 0 aliphatic heterocycles. The zero-order valence-electron chi connectivity index (χ0n) is 26.2. The molecule has 0 rings (SSSR count). The highest BCUT2D eigenvalue weighted by atomic mass is 32.2. The number of hydrogen-bond acceptors (Lipinski definition) is 10. The van der Waals surface area contributed by atoms with E-state index in [4.69, 9.17) is 10.8 Å². The summed E-state index contributed by atoms with van der Waals surface area (Å²) in [4.78, 5) is 86.5. The van der Waals surface area contributed by atoms with Crippen LogP contribution in [-0.2, 0) is 33.6 Å². The second-order valence-electron chi connectivity index (χ2n) is 10.8. The van der Waals surface area contributed by atoms with Crippen molar-refractivity contribution >= 4 is 53.2 Å². The molecule has 0 heterocycles. The van der Waals surface area contributed by atoms with Crippen molar-refractivity contribution in [3.63, 3.8) is 0 Å². The number of thioether (sulfide) groups is 1. The minimum atomic E-state index is -1.46. The lowest BCUT2D eigenvalue weighted by Crippen LogP contribution is -2.59. The van der Waals surface area contributed by atoms with Crippen molar-refractivity contribution in [3.05, 3.63) is 0 Å². The number of carboxylic acid groups (broad SMARTS) is 1. The smallest absolute Gasteiger partial charge is 0.322 e. The Hall–Kier alpha value is -3.44. The molecule has 0 spiro atoms. The Labute approximate surface area is 262 Å². The normalized spacial score (nSPS) is 15.0. The maximum absolute atomic E-state index is 13.3. The quantitative estimate of drug-likeness (QED) is 0.0625. The summed E-state index contributed by atoms with van der Waals surface area (Å²) < 4.78 is 0. The van der Waals surface area contributed by atoms with Gasteiger partial charge in [-0.05, 0) is 43.6 Å². The minimum Gasteiger partial charge on any atom is -0.480 e. The molecule has 0 radical (unpaired) electrons. The SMILES string of the molecule is CC[C@H](C)[C@H](NC(=O)CNC(=O)[C@H](C)NC(=O)[C@@H](N)CCSC)C(=O)N[C@@H](CC(C)C)C(=O)N[C@@H](CO)C(=O)NCC(=O)O. The Kier molecular flexibility index (Phi) is 19.6. The van der Waals surface area contributed by atoms with Crippen molar-refractivity contribution in [2.24, 2.45) is 17.6 Å². The molecular formula is C27H49N7O9S. The maximum Gasteiger partial charge on any atom is 0.322 e. The highest BCUT2D eigenvalue weighted by Crippen LogP contribution is 2.11. The molecule has 0 saturated heterocycles. The molecule has 0 aromatic rings. The molecule has 0 aliphatic carbocycles. The summed E-state index contributed by atoms with van der Waals surface area (Å²) in [6.45, 7) is 6.54. The number of hydrogen-bond donors (Lipinski definition) is 9. The fourth-order valence-electron chi connectivity index (χ4n) is 3.73. The molecule has 6 amide bonds. The van der Waals surface area contributed by atoms with Crippen molar-refractivity contribution in [3.8, 4) is 0 Å². The number of carbonyl (C=O) groups excluding carboxylic acids is 6. The van der Waals surface area contributed by atoms with Crippen molar-refractivity contribution in [2.45, 2.75) is 84.1 Å². The molecule has 10 N–H and O–H groups in total. The Morgan fingerprint density at radius 1 is 0.773 bits per heavy atom. The van der Waals surface area contributed by atoms with Gasteiger partial charge in [-0.15, -0.1) is 0 Å². The summed E-state index contributed by atoms with van der Waals surface area (Å²) in [6, 6.07) is -5.44. The van der Waals surface area contributed by atoms with Gasteiger partial charge in [-0.25, -0.2) is 0 Å². The molecule has 16 nitrogen and oxygen atoms in total. The van der Waals surface area contributed by atoms with E-state index in [9.17, 15) is 38.7 Å². The number of nitrogens with one attached hydrogen (secondary N) is 6. The van der Waals surface area contributed by atoms with Crippen LogP contribution in [0.15, 0.2) is 0 Å². The molecule has 0 aromatic carbocycles. The van der Waals surface area contributed by atoms with Gasteiger partial charge < -0.3 is 47.8 Å². The lowest BCUT2D eigenvalue weighted by molar-refractivity contribution is -0.139. The van der Waals surface area contributed by atoms with Crippen LogP contribution >= 0.6 is 11.8 Å². The van der Waals surface area contributed by atoms with Gasteiger partial charge >= 0.3 is 5.97 Å². The van der Waals surface area contributed by atoms with Gasteiger partial charge in [-0.1, -0.05) is 34.1 Å². The fourth-order valence-corrected chi connectivity index (χ4v) is 4.22. The van der Waals surface area contributed by atoms with E-state index in [2.05, 4.69) is 31.9 Å². The van der Waals surface area contributed by atoms with Crippen LogP contribution in [-0.4, -0.2) is 114 Å². The lowest BCUT2D eigenvalue weighted by atomic mass is 9.96. The van der Waals surface area contributed by atoms with Crippen LogP contribution in [0, 0.1) is 11.8 Å². The third-order valence-electron chi connectivity index (χ3n) is 6.53. The van der Waals surface area contributed by atoms with Gasteiger partial charge in [0.2, 0.25) is 35.4 Å². The van der Waals surface area contributed by atoms with E-state index in [0.717, 1.165) is 0 Å². The third kappa shape index (κ3) is 15.9. The highest BCUT2D eigenvalue weighted by molar-refractivity contribution is 7.98. The predicted molar refractivity (Wildman–Crippen MR) is 164 cm³/mol. The molecule has 44 heavy (non-hydrogen) atoms. The standard InChI is InChI=1S/C27H49N7O9S/c1-7-15(4)22(34-20(36)11-29-23(39)16(5)31-24(40)17(28)8-9-44-6)27(43)32-18(10-14(2)3)26(42)33-19(13-35)25(41)30-12-21(37)38/h14-19,22,35H,7-13,28H2,1-6H3,(H,29,39)(H,30,41)(H,31,40)(H,32,43)(H,33,42)(H,34,36)(H,37,38)/t15-,16-,17-,18-,19-,22-/m0/s1. The van der Waals surface area contributed by atoms with Crippen molar-refractivity contribution in [1.82, 2.24) is 31.9 Å². The van der Waals surface area contributed by atoms with Crippen molar-refractivity contribution < 1.29 is 43.8 Å². The number of carbonyl (C=O) groups is 7. The van der Waals surface area contributed by atoms with Crippen LogP contribution in [0.5, 0.6) is 0 Å². The van der Waals surface area contributed by atoms with Crippen LogP contribution in [0.3, 0.4) is 0 Å². The summed E-state index contributed by atoms with van der Waals surface area (Å²) in [7, 11) is 0. The van der Waals surface area contributed by atoms with E-state index in [-0.39, 0.29) is 18.3 Å². The fraction of sp³-hybridized carbons (Fsp3) is 0.741. The summed E-state index contributed by atoms with van der Waals surface area (Å²) in [5.74, 6) is -5.31. The second-order valence-corrected chi connectivity index (χ2v) is 11.8. The van der Waals surface area contributed by atoms with Gasteiger partial charge in [0, 0.05) is 0 Å². The molecule has 252 valence electrons. The van der Waals surface area contributed by atoms with E-state index in [1.165, 1.54) is 18.7 Å². The number of carboxylic acids is 1. The largest absolute Gasteiger partial charge is 0.480 e.